The molecule has 1 aromatic heterocycles. The van der Waals surface area contributed by atoms with Gasteiger partial charge >= 0.3 is 5.97 Å². The summed E-state index contributed by atoms with van der Waals surface area (Å²) in [5, 5.41) is 8.32. The van der Waals surface area contributed by atoms with Crippen LogP contribution >= 0.6 is 11.6 Å². The molecule has 0 amide bonds. The first kappa shape index (κ1) is 11.2. The topological polar surface area (TPSA) is 63.0 Å². The van der Waals surface area contributed by atoms with E-state index in [0.29, 0.717) is 11.3 Å². The fourth-order valence-corrected chi connectivity index (χ4v) is 0.858. The summed E-state index contributed by atoms with van der Waals surface area (Å²) in [6.45, 7) is 3.29. The number of nitrogens with zero attached hydrogens (tertiary/aromatic N) is 2. The van der Waals surface area contributed by atoms with Gasteiger partial charge < -0.3 is 4.74 Å². The fraction of sp³-hybridized carbons (Fsp3) is 0.100. The van der Waals surface area contributed by atoms with Crippen molar-refractivity contribution in [1.82, 2.24) is 4.98 Å². The zero-order chi connectivity index (χ0) is 11.3. The van der Waals surface area contributed by atoms with Crippen LogP contribution in [0.2, 0.25) is 0 Å². The summed E-state index contributed by atoms with van der Waals surface area (Å²) in [4.78, 5) is 14.7. The zero-order valence-corrected chi connectivity index (χ0v) is 8.49. The minimum absolute atomic E-state index is 0.0588. The molecule has 0 N–H and O–H groups in total. The molecule has 0 bridgehead atoms. The molecular weight excluding hydrogens is 216 g/mol. The average molecular weight is 223 g/mol. The Bertz CT molecular complexity index is 420. The van der Waals surface area contributed by atoms with Crippen molar-refractivity contribution in [1.29, 1.82) is 5.26 Å². The van der Waals surface area contributed by atoms with Crippen LogP contribution in [-0.4, -0.2) is 11.0 Å². The van der Waals surface area contributed by atoms with E-state index in [1.54, 1.807) is 12.1 Å². The molecule has 5 heteroatoms. The number of rotatable bonds is 3. The molecule has 0 fully saturated rings. The van der Waals surface area contributed by atoms with Gasteiger partial charge in [0.1, 0.15) is 23.4 Å². The quantitative estimate of drug-likeness (QED) is 0.577. The standard InChI is InChI=1S/C10H7ClN2O2/c1-7(11)10(14)15-6-8-2-3-9(4-12)13-5-8/h2-3,5H,1,6H2. The maximum atomic E-state index is 10.9. The normalized spacial score (nSPS) is 9.07. The number of nitriles is 1. The second kappa shape index (κ2) is 5.13. The third-order valence-electron chi connectivity index (χ3n) is 1.53. The van der Waals surface area contributed by atoms with Gasteiger partial charge in [-0.25, -0.2) is 9.78 Å². The van der Waals surface area contributed by atoms with Gasteiger partial charge in [-0.15, -0.1) is 0 Å². The molecule has 1 rings (SSSR count). The summed E-state index contributed by atoms with van der Waals surface area (Å²) in [6.07, 6.45) is 1.46. The van der Waals surface area contributed by atoms with Crippen molar-refractivity contribution < 1.29 is 9.53 Å². The third-order valence-corrected chi connectivity index (χ3v) is 1.69. The Morgan fingerprint density at radius 1 is 1.67 bits per heavy atom. The van der Waals surface area contributed by atoms with Crippen LogP contribution in [0.1, 0.15) is 11.3 Å². The van der Waals surface area contributed by atoms with Gasteiger partial charge in [0.05, 0.1) is 0 Å². The Hall–Kier alpha value is -1.86. The number of pyridine rings is 1. The van der Waals surface area contributed by atoms with E-state index in [4.69, 9.17) is 21.6 Å². The molecule has 0 aliphatic rings. The predicted octanol–water partition coefficient (Wildman–Crippen LogP) is 1.75. The van der Waals surface area contributed by atoms with E-state index < -0.39 is 5.97 Å². The summed E-state index contributed by atoms with van der Waals surface area (Å²) in [5.41, 5.74) is 0.993. The maximum Gasteiger partial charge on any atom is 0.349 e. The van der Waals surface area contributed by atoms with Gasteiger partial charge in [0.25, 0.3) is 0 Å². The van der Waals surface area contributed by atoms with Gasteiger partial charge in [0.15, 0.2) is 0 Å². The van der Waals surface area contributed by atoms with Crippen LogP contribution in [-0.2, 0) is 16.1 Å². The van der Waals surface area contributed by atoms with Crippen LogP contribution < -0.4 is 0 Å². The molecule has 0 atom stereocenters. The first-order valence-corrected chi connectivity index (χ1v) is 4.38. The van der Waals surface area contributed by atoms with Crippen LogP contribution in [0.5, 0.6) is 0 Å². The highest BCUT2D eigenvalue weighted by Crippen LogP contribution is 2.05. The molecule has 4 nitrogen and oxygen atoms in total. The number of esters is 1. The third kappa shape index (κ3) is 3.41. The van der Waals surface area contributed by atoms with E-state index in [2.05, 4.69) is 11.6 Å². The van der Waals surface area contributed by atoms with Crippen molar-refractivity contribution in [2.45, 2.75) is 6.61 Å². The first-order chi connectivity index (χ1) is 7.13. The van der Waals surface area contributed by atoms with Gasteiger partial charge in [0.2, 0.25) is 0 Å². The molecule has 0 aliphatic heterocycles. The highest BCUT2D eigenvalue weighted by Gasteiger charge is 2.05. The molecule has 0 aromatic carbocycles. The van der Waals surface area contributed by atoms with Crippen molar-refractivity contribution in [3.8, 4) is 6.07 Å². The predicted molar refractivity (Wildman–Crippen MR) is 53.7 cm³/mol. The second-order valence-electron chi connectivity index (χ2n) is 2.64. The van der Waals surface area contributed by atoms with Crippen LogP contribution in [0.3, 0.4) is 0 Å². The Morgan fingerprint density at radius 3 is 2.87 bits per heavy atom. The van der Waals surface area contributed by atoms with Crippen molar-refractivity contribution >= 4 is 17.6 Å². The van der Waals surface area contributed by atoms with Crippen molar-refractivity contribution in [3.05, 3.63) is 41.2 Å². The molecule has 0 unspecified atom stereocenters. The highest BCUT2D eigenvalue weighted by molar-refractivity contribution is 6.40. The Kier molecular flexibility index (Phi) is 3.83. The van der Waals surface area contributed by atoms with Gasteiger partial charge in [-0.3, -0.25) is 0 Å². The minimum atomic E-state index is -0.666. The number of ether oxygens (including phenoxy) is 1. The fourth-order valence-electron chi connectivity index (χ4n) is 0.803. The molecule has 0 saturated carbocycles. The number of aromatic nitrogens is 1. The summed E-state index contributed by atoms with van der Waals surface area (Å²) < 4.78 is 4.77. The Morgan fingerprint density at radius 2 is 2.40 bits per heavy atom. The molecule has 1 aromatic rings. The van der Waals surface area contributed by atoms with Gasteiger partial charge in [-0.1, -0.05) is 24.2 Å². The summed E-state index contributed by atoms with van der Waals surface area (Å²) in [6, 6.07) is 5.07. The van der Waals surface area contributed by atoms with Crippen LogP contribution in [0.4, 0.5) is 0 Å². The SMILES string of the molecule is C=C(Cl)C(=O)OCc1ccc(C#N)nc1. The molecule has 76 valence electrons. The smallest absolute Gasteiger partial charge is 0.349 e. The van der Waals surface area contributed by atoms with E-state index in [9.17, 15) is 4.79 Å². The number of carbonyl (C=O) groups is 1. The molecular formula is C10H7ClN2O2. The lowest BCUT2D eigenvalue weighted by Gasteiger charge is -2.02. The summed E-state index contributed by atoms with van der Waals surface area (Å²) in [5.74, 6) is -0.666. The van der Waals surface area contributed by atoms with Crippen molar-refractivity contribution in [2.75, 3.05) is 0 Å². The molecule has 0 saturated heterocycles. The number of halogens is 1. The Labute approximate surface area is 91.8 Å². The average Bonchev–Trinajstić information content (AvgIpc) is 2.26. The molecule has 1 heterocycles. The number of hydrogen-bond acceptors (Lipinski definition) is 4. The zero-order valence-electron chi connectivity index (χ0n) is 7.74. The number of carbonyl (C=O) groups excluding carboxylic acids is 1. The maximum absolute atomic E-state index is 10.9. The van der Waals surface area contributed by atoms with Gasteiger partial charge in [0, 0.05) is 11.8 Å². The molecule has 0 radical (unpaired) electrons. The lowest BCUT2D eigenvalue weighted by atomic mass is 10.3. The van der Waals surface area contributed by atoms with Gasteiger partial charge in [-0.2, -0.15) is 5.26 Å². The summed E-state index contributed by atoms with van der Waals surface area (Å²) in [7, 11) is 0. The van der Waals surface area contributed by atoms with Crippen LogP contribution in [0.25, 0.3) is 0 Å². The summed E-state index contributed by atoms with van der Waals surface area (Å²) >= 11 is 5.31. The van der Waals surface area contributed by atoms with E-state index in [1.807, 2.05) is 6.07 Å². The molecule has 0 aliphatic carbocycles. The van der Waals surface area contributed by atoms with Crippen molar-refractivity contribution in [2.24, 2.45) is 0 Å². The van der Waals surface area contributed by atoms with E-state index >= 15 is 0 Å². The number of hydrogen-bond donors (Lipinski definition) is 0. The van der Waals surface area contributed by atoms with Gasteiger partial charge in [-0.05, 0) is 6.07 Å². The molecule has 0 spiro atoms. The second-order valence-corrected chi connectivity index (χ2v) is 3.10. The van der Waals surface area contributed by atoms with E-state index in [0.717, 1.165) is 0 Å². The first-order valence-electron chi connectivity index (χ1n) is 4.00. The minimum Gasteiger partial charge on any atom is -0.457 e. The van der Waals surface area contributed by atoms with Crippen molar-refractivity contribution in [3.63, 3.8) is 0 Å². The largest absolute Gasteiger partial charge is 0.457 e. The Balaban J connectivity index is 2.56. The van der Waals surface area contributed by atoms with E-state index in [1.165, 1.54) is 6.20 Å². The lowest BCUT2D eigenvalue weighted by Crippen LogP contribution is -2.03. The highest BCUT2D eigenvalue weighted by atomic mass is 35.5. The monoisotopic (exact) mass is 222 g/mol. The lowest BCUT2D eigenvalue weighted by molar-refractivity contribution is -0.139. The van der Waals surface area contributed by atoms with Crippen LogP contribution in [0.15, 0.2) is 29.9 Å². The van der Waals surface area contributed by atoms with Crippen LogP contribution in [0, 0.1) is 11.3 Å². The molecule has 15 heavy (non-hydrogen) atoms. The van der Waals surface area contributed by atoms with E-state index in [-0.39, 0.29) is 11.6 Å².